The lowest BCUT2D eigenvalue weighted by Crippen LogP contribution is -2.33. The van der Waals surface area contributed by atoms with E-state index in [-0.39, 0.29) is 4.90 Å². The number of hydrogen-bond donors (Lipinski definition) is 1. The topological polar surface area (TPSA) is 72.5 Å². The van der Waals surface area contributed by atoms with Gasteiger partial charge in [-0.25, -0.2) is 17.9 Å². The molecule has 0 aromatic heterocycles. The highest BCUT2D eigenvalue weighted by atomic mass is 32.2. The predicted molar refractivity (Wildman–Crippen MR) is 89.6 cm³/mol. The maximum Gasteiger partial charge on any atom is 0.421 e. The molecule has 0 radical (unpaired) electrons. The molecule has 0 spiro atoms. The van der Waals surface area contributed by atoms with Crippen molar-refractivity contribution in [3.8, 4) is 0 Å². The molecule has 6 heteroatoms. The summed E-state index contributed by atoms with van der Waals surface area (Å²) in [6, 6.07) is 6.20. The second-order valence-electron chi connectivity index (χ2n) is 5.23. The van der Waals surface area contributed by atoms with Gasteiger partial charge >= 0.3 is 6.09 Å². The number of unbranched alkanes of at least 4 members (excludes halogenated alkanes) is 2. The SMILES string of the molecule is C=C=C[C@@H](CCCCC)OC(=O)NS(=O)(=O)c1ccc(C)cc1. The third kappa shape index (κ3) is 6.72. The highest BCUT2D eigenvalue weighted by molar-refractivity contribution is 7.90. The van der Waals surface area contributed by atoms with E-state index in [0.717, 1.165) is 24.8 Å². The third-order valence-corrected chi connectivity index (χ3v) is 4.53. The van der Waals surface area contributed by atoms with Crippen LogP contribution in [-0.2, 0) is 14.8 Å². The first kappa shape index (κ1) is 19.0. The molecule has 0 saturated heterocycles. The summed E-state index contributed by atoms with van der Waals surface area (Å²) in [5.74, 6) is 0. The number of amides is 1. The molecule has 1 atom stereocenters. The van der Waals surface area contributed by atoms with Crippen LogP contribution in [0.25, 0.3) is 0 Å². The Kier molecular flexibility index (Phi) is 7.59. The van der Waals surface area contributed by atoms with E-state index in [1.54, 1.807) is 12.1 Å². The average molecular weight is 337 g/mol. The van der Waals surface area contributed by atoms with Crippen LogP contribution in [0.5, 0.6) is 0 Å². The van der Waals surface area contributed by atoms with Crippen molar-refractivity contribution in [2.75, 3.05) is 0 Å². The quantitative estimate of drug-likeness (QED) is 0.580. The molecule has 1 aromatic rings. The van der Waals surface area contributed by atoms with E-state index < -0.39 is 22.2 Å². The number of hydrogen-bond acceptors (Lipinski definition) is 4. The van der Waals surface area contributed by atoms with E-state index in [1.165, 1.54) is 18.2 Å². The molecule has 0 aliphatic carbocycles. The summed E-state index contributed by atoms with van der Waals surface area (Å²) in [4.78, 5) is 11.9. The smallest absolute Gasteiger partial charge is 0.421 e. The Bertz CT molecular complexity index is 658. The lowest BCUT2D eigenvalue weighted by molar-refractivity contribution is 0.120. The van der Waals surface area contributed by atoms with Gasteiger partial charge in [0.2, 0.25) is 0 Å². The molecule has 0 fully saturated rings. The molecule has 1 amide bonds. The highest BCUT2D eigenvalue weighted by Crippen LogP contribution is 2.12. The Morgan fingerprint density at radius 1 is 1.35 bits per heavy atom. The van der Waals surface area contributed by atoms with Crippen molar-refractivity contribution in [2.45, 2.75) is 50.5 Å². The fourth-order valence-electron chi connectivity index (χ4n) is 1.95. The molecule has 5 nitrogen and oxygen atoms in total. The molecule has 0 saturated carbocycles. The van der Waals surface area contributed by atoms with E-state index in [1.807, 2.05) is 11.6 Å². The normalized spacial score (nSPS) is 12.1. The number of carbonyl (C=O) groups excluding carboxylic acids is 1. The molecule has 0 aliphatic heterocycles. The van der Waals surface area contributed by atoms with Gasteiger partial charge in [-0.15, -0.1) is 5.73 Å². The molecule has 1 rings (SSSR count). The van der Waals surface area contributed by atoms with Crippen LogP contribution in [0.15, 0.2) is 47.5 Å². The first-order valence-electron chi connectivity index (χ1n) is 7.55. The lowest BCUT2D eigenvalue weighted by atomic mass is 10.1. The molecular weight excluding hydrogens is 314 g/mol. The van der Waals surface area contributed by atoms with Crippen molar-refractivity contribution in [1.29, 1.82) is 0 Å². The maximum atomic E-state index is 12.1. The van der Waals surface area contributed by atoms with Crippen LogP contribution in [0.1, 0.15) is 38.2 Å². The van der Waals surface area contributed by atoms with E-state index >= 15 is 0 Å². The average Bonchev–Trinajstić information content (AvgIpc) is 2.47. The van der Waals surface area contributed by atoms with Gasteiger partial charge in [0.15, 0.2) is 0 Å². The number of benzene rings is 1. The second-order valence-corrected chi connectivity index (χ2v) is 6.91. The molecule has 0 aliphatic rings. The predicted octanol–water partition coefficient (Wildman–Crippen LogP) is 3.70. The summed E-state index contributed by atoms with van der Waals surface area (Å²) < 4.78 is 31.3. The van der Waals surface area contributed by atoms with Gasteiger partial charge in [0.25, 0.3) is 10.0 Å². The Morgan fingerprint density at radius 2 is 2.00 bits per heavy atom. The zero-order chi connectivity index (χ0) is 17.3. The standard InChI is InChI=1S/C17H23NO4S/c1-4-6-7-9-15(8-5-2)22-17(19)18-23(20,21)16-12-10-14(3)11-13-16/h8,10-13,15H,2,4,6-7,9H2,1,3H3,(H,18,19)/t15-/m0/s1. The minimum atomic E-state index is -3.94. The van der Waals surface area contributed by atoms with Crippen molar-refractivity contribution in [2.24, 2.45) is 0 Å². The van der Waals surface area contributed by atoms with Gasteiger partial charge in [0.1, 0.15) is 6.10 Å². The monoisotopic (exact) mass is 337 g/mol. The molecule has 126 valence electrons. The summed E-state index contributed by atoms with van der Waals surface area (Å²) in [7, 11) is -3.94. The summed E-state index contributed by atoms with van der Waals surface area (Å²) in [6.07, 6.45) is 3.51. The molecule has 0 bridgehead atoms. The van der Waals surface area contributed by atoms with Gasteiger partial charge in [-0.2, -0.15) is 0 Å². The molecule has 1 aromatic carbocycles. The fraction of sp³-hybridized carbons (Fsp3) is 0.412. The van der Waals surface area contributed by atoms with Crippen LogP contribution in [0, 0.1) is 6.92 Å². The first-order chi connectivity index (χ1) is 10.9. The third-order valence-electron chi connectivity index (χ3n) is 3.20. The Labute approximate surface area is 138 Å². The number of rotatable bonds is 8. The van der Waals surface area contributed by atoms with Crippen LogP contribution >= 0.6 is 0 Å². The van der Waals surface area contributed by atoms with Crippen LogP contribution in [0.4, 0.5) is 4.79 Å². The van der Waals surface area contributed by atoms with Crippen molar-refractivity contribution < 1.29 is 17.9 Å². The van der Waals surface area contributed by atoms with Crippen LogP contribution in [-0.4, -0.2) is 20.6 Å². The largest absolute Gasteiger partial charge is 0.441 e. The van der Waals surface area contributed by atoms with Crippen molar-refractivity contribution >= 4 is 16.1 Å². The van der Waals surface area contributed by atoms with Crippen LogP contribution < -0.4 is 4.72 Å². The number of nitrogens with one attached hydrogen (secondary N) is 1. The Balaban J connectivity index is 2.69. The number of aryl methyl sites for hydroxylation is 1. The van der Waals surface area contributed by atoms with Crippen LogP contribution in [0.2, 0.25) is 0 Å². The summed E-state index contributed by atoms with van der Waals surface area (Å²) in [5, 5.41) is 0. The summed E-state index contributed by atoms with van der Waals surface area (Å²) in [5.41, 5.74) is 3.50. The van der Waals surface area contributed by atoms with Gasteiger partial charge in [0, 0.05) is 0 Å². The van der Waals surface area contributed by atoms with Gasteiger partial charge in [-0.1, -0.05) is 44.0 Å². The Morgan fingerprint density at radius 3 is 2.57 bits per heavy atom. The van der Waals surface area contributed by atoms with E-state index in [0.29, 0.717) is 6.42 Å². The maximum absolute atomic E-state index is 12.1. The fourth-order valence-corrected chi connectivity index (χ4v) is 2.83. The van der Waals surface area contributed by atoms with E-state index in [2.05, 4.69) is 19.2 Å². The van der Waals surface area contributed by atoms with Crippen molar-refractivity contribution in [1.82, 2.24) is 4.72 Å². The van der Waals surface area contributed by atoms with Gasteiger partial charge < -0.3 is 4.74 Å². The highest BCUT2D eigenvalue weighted by Gasteiger charge is 2.20. The second kappa shape index (κ2) is 9.18. The van der Waals surface area contributed by atoms with Gasteiger partial charge in [0.05, 0.1) is 4.90 Å². The van der Waals surface area contributed by atoms with Crippen molar-refractivity contribution in [3.63, 3.8) is 0 Å². The lowest BCUT2D eigenvalue weighted by Gasteiger charge is -2.14. The molecule has 1 N–H and O–H groups in total. The molecular formula is C17H23NO4S. The minimum absolute atomic E-state index is 0.0156. The molecule has 23 heavy (non-hydrogen) atoms. The first-order valence-corrected chi connectivity index (χ1v) is 9.03. The minimum Gasteiger partial charge on any atom is -0.441 e. The summed E-state index contributed by atoms with van der Waals surface area (Å²) in [6.45, 7) is 7.37. The summed E-state index contributed by atoms with van der Waals surface area (Å²) >= 11 is 0. The molecule has 0 heterocycles. The van der Waals surface area contributed by atoms with E-state index in [4.69, 9.17) is 4.74 Å². The molecule has 0 unspecified atom stereocenters. The van der Waals surface area contributed by atoms with Crippen molar-refractivity contribution in [3.05, 3.63) is 48.2 Å². The van der Waals surface area contributed by atoms with Gasteiger partial charge in [-0.05, 0) is 38.0 Å². The van der Waals surface area contributed by atoms with E-state index in [9.17, 15) is 13.2 Å². The number of ether oxygens (including phenoxy) is 1. The number of sulfonamides is 1. The van der Waals surface area contributed by atoms with Crippen LogP contribution in [0.3, 0.4) is 0 Å². The Hall–Kier alpha value is -2.04. The zero-order valence-corrected chi connectivity index (χ0v) is 14.4. The number of carbonyl (C=O) groups is 1. The zero-order valence-electron chi connectivity index (χ0n) is 13.5. The van der Waals surface area contributed by atoms with Gasteiger partial charge in [-0.3, -0.25) is 0 Å².